The second kappa shape index (κ2) is 8.12. The van der Waals surface area contributed by atoms with Crippen LogP contribution >= 0.6 is 0 Å². The fraction of sp³-hybridized carbons (Fsp3) is 0.474. The highest BCUT2D eigenvalue weighted by Gasteiger charge is 2.24. The summed E-state index contributed by atoms with van der Waals surface area (Å²) in [6.07, 6.45) is 3.13. The second-order valence-corrected chi connectivity index (χ2v) is 6.43. The Hall–Kier alpha value is -2.70. The lowest BCUT2D eigenvalue weighted by Crippen LogP contribution is -2.47. The first-order chi connectivity index (χ1) is 12.6. The number of carbonyl (C=O) groups excluding carboxylic acids is 2. The van der Waals surface area contributed by atoms with E-state index in [1.807, 2.05) is 42.1 Å². The van der Waals surface area contributed by atoms with Crippen LogP contribution in [0, 0.1) is 0 Å². The molecule has 0 unspecified atom stereocenters. The number of amides is 2. The number of nitrogens with one attached hydrogen (secondary N) is 1. The number of fused-ring (bicyclic) bond motifs is 1. The van der Waals surface area contributed by atoms with Gasteiger partial charge in [-0.05, 0) is 38.0 Å². The van der Waals surface area contributed by atoms with E-state index in [1.54, 1.807) is 11.8 Å². The quantitative estimate of drug-likeness (QED) is 0.889. The number of aryl methyl sites for hydroxylation is 1. The van der Waals surface area contributed by atoms with E-state index >= 15 is 0 Å². The minimum atomic E-state index is -0.281. The van der Waals surface area contributed by atoms with Crippen molar-refractivity contribution in [3.05, 3.63) is 30.5 Å². The van der Waals surface area contributed by atoms with Gasteiger partial charge in [-0.25, -0.2) is 4.79 Å². The van der Waals surface area contributed by atoms with Crippen molar-refractivity contribution in [1.29, 1.82) is 0 Å². The molecule has 0 spiro atoms. The van der Waals surface area contributed by atoms with Crippen molar-refractivity contribution in [1.82, 2.24) is 14.8 Å². The van der Waals surface area contributed by atoms with Gasteiger partial charge in [0.15, 0.2) is 6.61 Å². The van der Waals surface area contributed by atoms with Gasteiger partial charge < -0.3 is 24.3 Å². The molecule has 1 aromatic heterocycles. The number of benzene rings is 1. The van der Waals surface area contributed by atoms with E-state index in [0.29, 0.717) is 25.4 Å². The Morgan fingerprint density at radius 2 is 2.00 bits per heavy atom. The highest BCUT2D eigenvalue weighted by Crippen LogP contribution is 2.25. The van der Waals surface area contributed by atoms with Crippen molar-refractivity contribution in [3.8, 4) is 5.75 Å². The third-order valence-corrected chi connectivity index (χ3v) is 4.63. The summed E-state index contributed by atoms with van der Waals surface area (Å²) in [7, 11) is 1.97. The molecule has 0 radical (unpaired) electrons. The zero-order valence-electron chi connectivity index (χ0n) is 15.2. The molecule has 1 N–H and O–H groups in total. The third kappa shape index (κ3) is 4.09. The fourth-order valence-corrected chi connectivity index (χ4v) is 3.23. The number of rotatable bonds is 5. The van der Waals surface area contributed by atoms with Gasteiger partial charge >= 0.3 is 6.09 Å². The molecule has 1 aliphatic heterocycles. The van der Waals surface area contributed by atoms with Gasteiger partial charge in [-0.15, -0.1) is 0 Å². The molecule has 2 heterocycles. The van der Waals surface area contributed by atoms with Gasteiger partial charge in [-0.2, -0.15) is 0 Å². The number of likely N-dealkylation sites (tertiary alicyclic amines) is 1. The first-order valence-electron chi connectivity index (χ1n) is 8.96. The molecule has 0 aliphatic carbocycles. The van der Waals surface area contributed by atoms with E-state index < -0.39 is 0 Å². The minimum Gasteiger partial charge on any atom is -0.483 e. The SMILES string of the molecule is CCOC(=O)N1CCC(NC(=O)COc2cccc3c2ccn3C)CC1. The average molecular weight is 359 g/mol. The van der Waals surface area contributed by atoms with Gasteiger partial charge in [-0.3, -0.25) is 4.79 Å². The number of hydrogen-bond acceptors (Lipinski definition) is 4. The minimum absolute atomic E-state index is 0.0217. The molecule has 1 aliphatic rings. The molecule has 0 atom stereocenters. The molecule has 3 rings (SSSR count). The molecule has 7 heteroatoms. The molecule has 2 amide bonds. The Bertz CT molecular complexity index is 778. The maximum absolute atomic E-state index is 12.2. The molecule has 7 nitrogen and oxygen atoms in total. The van der Waals surface area contributed by atoms with Crippen LogP contribution in [-0.2, 0) is 16.6 Å². The number of carbonyl (C=O) groups is 2. The molecule has 140 valence electrons. The molecule has 1 aromatic carbocycles. The zero-order valence-corrected chi connectivity index (χ0v) is 15.2. The van der Waals surface area contributed by atoms with Gasteiger partial charge in [0.05, 0.1) is 12.1 Å². The van der Waals surface area contributed by atoms with E-state index in [1.165, 1.54) is 0 Å². The van der Waals surface area contributed by atoms with Gasteiger partial charge in [0.1, 0.15) is 5.75 Å². The third-order valence-electron chi connectivity index (χ3n) is 4.63. The van der Waals surface area contributed by atoms with Crippen LogP contribution in [0.4, 0.5) is 4.79 Å². The number of piperidine rings is 1. The Labute approximate surface area is 152 Å². The lowest BCUT2D eigenvalue weighted by Gasteiger charge is -2.31. The van der Waals surface area contributed by atoms with Crippen LogP contribution in [0.25, 0.3) is 10.9 Å². The molecular formula is C19H25N3O4. The smallest absolute Gasteiger partial charge is 0.409 e. The predicted octanol–water partition coefficient (Wildman–Crippen LogP) is 2.29. The van der Waals surface area contributed by atoms with Crippen molar-refractivity contribution in [2.24, 2.45) is 7.05 Å². The first-order valence-corrected chi connectivity index (χ1v) is 8.96. The van der Waals surface area contributed by atoms with Crippen molar-refractivity contribution in [2.75, 3.05) is 26.3 Å². The summed E-state index contributed by atoms with van der Waals surface area (Å²) in [4.78, 5) is 25.6. The van der Waals surface area contributed by atoms with Crippen LogP contribution in [-0.4, -0.2) is 53.8 Å². The molecule has 2 aromatic rings. The van der Waals surface area contributed by atoms with E-state index in [4.69, 9.17) is 9.47 Å². The summed E-state index contributed by atoms with van der Waals surface area (Å²) in [5.74, 6) is 0.558. The Morgan fingerprint density at radius 1 is 1.23 bits per heavy atom. The van der Waals surface area contributed by atoms with Crippen LogP contribution in [0.1, 0.15) is 19.8 Å². The number of aromatic nitrogens is 1. The Balaban J connectivity index is 1.47. The van der Waals surface area contributed by atoms with Crippen LogP contribution in [0.15, 0.2) is 30.5 Å². The van der Waals surface area contributed by atoms with E-state index in [-0.39, 0.29) is 24.6 Å². The highest BCUT2D eigenvalue weighted by atomic mass is 16.6. The van der Waals surface area contributed by atoms with Gasteiger partial charge in [0.2, 0.25) is 0 Å². The van der Waals surface area contributed by atoms with Crippen molar-refractivity contribution < 1.29 is 19.1 Å². The zero-order chi connectivity index (χ0) is 18.5. The van der Waals surface area contributed by atoms with Crippen LogP contribution in [0.3, 0.4) is 0 Å². The van der Waals surface area contributed by atoms with Gasteiger partial charge in [0.25, 0.3) is 5.91 Å². The molecular weight excluding hydrogens is 334 g/mol. The first kappa shape index (κ1) is 18.1. The van der Waals surface area contributed by atoms with Crippen molar-refractivity contribution in [2.45, 2.75) is 25.8 Å². The largest absolute Gasteiger partial charge is 0.483 e. The molecule has 0 bridgehead atoms. The van der Waals surface area contributed by atoms with Crippen LogP contribution in [0.2, 0.25) is 0 Å². The highest BCUT2D eigenvalue weighted by molar-refractivity contribution is 5.87. The summed E-state index contributed by atoms with van der Waals surface area (Å²) in [6, 6.07) is 7.84. The maximum Gasteiger partial charge on any atom is 0.409 e. The number of hydrogen-bond donors (Lipinski definition) is 1. The fourth-order valence-electron chi connectivity index (χ4n) is 3.23. The number of ether oxygens (including phenoxy) is 2. The second-order valence-electron chi connectivity index (χ2n) is 6.43. The lowest BCUT2D eigenvalue weighted by molar-refractivity contribution is -0.124. The standard InChI is InChI=1S/C19H25N3O4/c1-3-25-19(24)22-11-7-14(8-12-22)20-18(23)13-26-17-6-4-5-16-15(17)9-10-21(16)2/h4-6,9-10,14H,3,7-8,11-13H2,1-2H3,(H,20,23). The molecule has 0 saturated carbocycles. The molecule has 1 saturated heterocycles. The van der Waals surface area contributed by atoms with Crippen LogP contribution < -0.4 is 10.1 Å². The Morgan fingerprint density at radius 3 is 2.73 bits per heavy atom. The maximum atomic E-state index is 12.2. The topological polar surface area (TPSA) is 72.8 Å². The van der Waals surface area contributed by atoms with E-state index in [0.717, 1.165) is 23.7 Å². The summed E-state index contributed by atoms with van der Waals surface area (Å²) >= 11 is 0. The van der Waals surface area contributed by atoms with Gasteiger partial charge in [0, 0.05) is 37.8 Å². The lowest BCUT2D eigenvalue weighted by atomic mass is 10.1. The Kier molecular flexibility index (Phi) is 5.65. The number of nitrogens with zero attached hydrogens (tertiary/aromatic N) is 2. The predicted molar refractivity (Wildman–Crippen MR) is 98.2 cm³/mol. The summed E-state index contributed by atoms with van der Waals surface area (Å²) in [6.45, 7) is 3.33. The average Bonchev–Trinajstić information content (AvgIpc) is 3.02. The van der Waals surface area contributed by atoms with Crippen molar-refractivity contribution >= 4 is 22.9 Å². The summed E-state index contributed by atoms with van der Waals surface area (Å²) < 4.78 is 12.7. The summed E-state index contributed by atoms with van der Waals surface area (Å²) in [5, 5.41) is 3.98. The van der Waals surface area contributed by atoms with Gasteiger partial charge in [-0.1, -0.05) is 6.07 Å². The van der Waals surface area contributed by atoms with Crippen LogP contribution in [0.5, 0.6) is 5.75 Å². The summed E-state index contributed by atoms with van der Waals surface area (Å²) in [5.41, 5.74) is 1.06. The monoisotopic (exact) mass is 359 g/mol. The molecule has 26 heavy (non-hydrogen) atoms. The van der Waals surface area contributed by atoms with E-state index in [9.17, 15) is 9.59 Å². The van der Waals surface area contributed by atoms with E-state index in [2.05, 4.69) is 5.32 Å². The normalized spacial score (nSPS) is 15.1. The molecule has 1 fully saturated rings. The van der Waals surface area contributed by atoms with Crippen molar-refractivity contribution in [3.63, 3.8) is 0 Å².